The summed E-state index contributed by atoms with van der Waals surface area (Å²) >= 11 is 5.94. The van der Waals surface area contributed by atoms with Gasteiger partial charge in [0, 0.05) is 49.4 Å². The molecular formula is C24H29ClN4O3. The van der Waals surface area contributed by atoms with Crippen molar-refractivity contribution in [3.63, 3.8) is 0 Å². The van der Waals surface area contributed by atoms with Gasteiger partial charge in [0.05, 0.1) is 18.6 Å². The van der Waals surface area contributed by atoms with Crippen molar-refractivity contribution in [2.24, 2.45) is 13.0 Å². The number of carbonyl (C=O) groups is 2. The minimum absolute atomic E-state index is 0.101. The van der Waals surface area contributed by atoms with E-state index < -0.39 is 0 Å². The van der Waals surface area contributed by atoms with Crippen molar-refractivity contribution in [1.82, 2.24) is 20.0 Å². The Bertz CT molecular complexity index is 1020. The molecular weight excluding hydrogens is 428 g/mol. The van der Waals surface area contributed by atoms with Crippen molar-refractivity contribution in [1.29, 1.82) is 0 Å². The highest BCUT2D eigenvalue weighted by atomic mass is 35.5. The molecule has 2 aromatic rings. The minimum atomic E-state index is -0.292. The van der Waals surface area contributed by atoms with Crippen LogP contribution in [-0.4, -0.2) is 51.7 Å². The molecule has 1 aliphatic carbocycles. The first-order valence-corrected chi connectivity index (χ1v) is 11.8. The molecule has 2 amide bonds. The SMILES string of the molecule is Cn1nc(C(=O)NCC2CC2)c2c1CC1(CCN(C(=O)Cc3ccc(Cl)cc3)CC1)OC2. The molecule has 1 spiro atoms. The van der Waals surface area contributed by atoms with Crippen LogP contribution in [-0.2, 0) is 36.0 Å². The molecule has 32 heavy (non-hydrogen) atoms. The molecule has 8 heteroatoms. The number of ether oxygens (including phenoxy) is 1. The fourth-order valence-electron chi connectivity index (χ4n) is 4.76. The zero-order chi connectivity index (χ0) is 22.3. The number of nitrogens with zero attached hydrogens (tertiary/aromatic N) is 3. The van der Waals surface area contributed by atoms with E-state index in [0.717, 1.165) is 42.6 Å². The van der Waals surface area contributed by atoms with E-state index in [-0.39, 0.29) is 17.4 Å². The summed E-state index contributed by atoms with van der Waals surface area (Å²) in [6, 6.07) is 7.44. The van der Waals surface area contributed by atoms with Gasteiger partial charge in [-0.05, 0) is 49.3 Å². The van der Waals surface area contributed by atoms with Gasteiger partial charge in [0.2, 0.25) is 5.91 Å². The van der Waals surface area contributed by atoms with Gasteiger partial charge in [-0.15, -0.1) is 0 Å². The van der Waals surface area contributed by atoms with Crippen LogP contribution in [0, 0.1) is 5.92 Å². The molecule has 1 aromatic heterocycles. The average molecular weight is 457 g/mol. The molecule has 5 rings (SSSR count). The Morgan fingerprint density at radius 2 is 1.94 bits per heavy atom. The number of halogens is 1. The van der Waals surface area contributed by atoms with Gasteiger partial charge in [0.1, 0.15) is 0 Å². The number of likely N-dealkylation sites (tertiary alicyclic amines) is 1. The Hall–Kier alpha value is -2.38. The quantitative estimate of drug-likeness (QED) is 0.750. The van der Waals surface area contributed by atoms with E-state index in [1.54, 1.807) is 0 Å². The lowest BCUT2D eigenvalue weighted by atomic mass is 9.83. The summed E-state index contributed by atoms with van der Waals surface area (Å²) in [5.41, 5.74) is 3.16. The fourth-order valence-corrected chi connectivity index (χ4v) is 4.88. The Balaban J connectivity index is 1.21. The lowest BCUT2D eigenvalue weighted by Crippen LogP contribution is -2.51. The Kier molecular flexibility index (Phi) is 5.72. The predicted octanol–water partition coefficient (Wildman–Crippen LogP) is 2.89. The molecule has 7 nitrogen and oxygen atoms in total. The maximum atomic E-state index is 12.8. The number of carbonyl (C=O) groups excluding carboxylic acids is 2. The second kappa shape index (κ2) is 8.52. The van der Waals surface area contributed by atoms with Crippen LogP contribution in [0.4, 0.5) is 0 Å². The maximum absolute atomic E-state index is 12.8. The number of aromatic nitrogens is 2. The van der Waals surface area contributed by atoms with Gasteiger partial charge in [-0.1, -0.05) is 23.7 Å². The normalized spacial score (nSPS) is 19.6. The van der Waals surface area contributed by atoms with Crippen molar-refractivity contribution in [2.75, 3.05) is 19.6 Å². The summed E-state index contributed by atoms with van der Waals surface area (Å²) in [5, 5.41) is 8.20. The molecule has 170 valence electrons. The topological polar surface area (TPSA) is 76.5 Å². The van der Waals surface area contributed by atoms with E-state index in [2.05, 4.69) is 10.4 Å². The van der Waals surface area contributed by atoms with E-state index in [1.807, 2.05) is 40.9 Å². The number of fused-ring (bicyclic) bond motifs is 1. The number of benzene rings is 1. The van der Waals surface area contributed by atoms with Gasteiger partial charge < -0.3 is 15.0 Å². The molecule has 0 radical (unpaired) electrons. The fraction of sp³-hybridized carbons (Fsp3) is 0.542. The number of aryl methyl sites for hydroxylation is 1. The molecule has 1 aromatic carbocycles. The summed E-state index contributed by atoms with van der Waals surface area (Å²) in [6.45, 7) is 2.48. The van der Waals surface area contributed by atoms with Crippen LogP contribution in [0.3, 0.4) is 0 Å². The smallest absolute Gasteiger partial charge is 0.272 e. The molecule has 0 atom stereocenters. The summed E-state index contributed by atoms with van der Waals surface area (Å²) in [6.07, 6.45) is 5.08. The third-order valence-corrected chi connectivity index (χ3v) is 7.30. The van der Waals surface area contributed by atoms with Gasteiger partial charge >= 0.3 is 0 Å². The van der Waals surface area contributed by atoms with E-state index in [4.69, 9.17) is 16.3 Å². The van der Waals surface area contributed by atoms with Crippen LogP contribution in [0.25, 0.3) is 0 Å². The van der Waals surface area contributed by atoms with Gasteiger partial charge in [0.15, 0.2) is 5.69 Å². The summed E-state index contributed by atoms with van der Waals surface area (Å²) in [4.78, 5) is 27.3. The maximum Gasteiger partial charge on any atom is 0.272 e. The Morgan fingerprint density at radius 1 is 1.22 bits per heavy atom. The molecule has 0 bridgehead atoms. The van der Waals surface area contributed by atoms with Gasteiger partial charge in [0.25, 0.3) is 5.91 Å². The Morgan fingerprint density at radius 3 is 2.62 bits per heavy atom. The number of hydrogen-bond donors (Lipinski definition) is 1. The van der Waals surface area contributed by atoms with Crippen LogP contribution in [0.1, 0.15) is 53.0 Å². The first-order valence-electron chi connectivity index (χ1n) is 11.4. The lowest BCUT2D eigenvalue weighted by molar-refractivity contribution is -0.140. The third-order valence-electron chi connectivity index (χ3n) is 7.05. The molecule has 3 aliphatic rings. The van der Waals surface area contributed by atoms with Crippen LogP contribution in [0.15, 0.2) is 24.3 Å². The molecule has 1 N–H and O–H groups in total. The monoisotopic (exact) mass is 456 g/mol. The van der Waals surface area contributed by atoms with E-state index in [9.17, 15) is 9.59 Å². The van der Waals surface area contributed by atoms with Gasteiger partial charge in [-0.3, -0.25) is 14.3 Å². The molecule has 2 aliphatic heterocycles. The van der Waals surface area contributed by atoms with E-state index in [0.29, 0.717) is 42.8 Å². The van der Waals surface area contributed by atoms with Crippen molar-refractivity contribution < 1.29 is 14.3 Å². The predicted molar refractivity (Wildman–Crippen MR) is 120 cm³/mol. The molecule has 3 heterocycles. The summed E-state index contributed by atoms with van der Waals surface area (Å²) < 4.78 is 8.19. The van der Waals surface area contributed by atoms with Gasteiger partial charge in [-0.25, -0.2) is 0 Å². The number of amides is 2. The summed E-state index contributed by atoms with van der Waals surface area (Å²) in [7, 11) is 1.90. The first kappa shape index (κ1) is 21.5. The van der Waals surface area contributed by atoms with E-state index in [1.165, 1.54) is 12.8 Å². The molecule has 2 fully saturated rings. The Labute approximate surface area is 193 Å². The number of nitrogens with one attached hydrogen (secondary N) is 1. The summed E-state index contributed by atoms with van der Waals surface area (Å²) in [5.74, 6) is 0.662. The van der Waals surface area contributed by atoms with Crippen LogP contribution < -0.4 is 5.32 Å². The number of rotatable bonds is 5. The minimum Gasteiger partial charge on any atom is -0.370 e. The molecule has 1 saturated heterocycles. The second-order valence-electron chi connectivity index (χ2n) is 9.38. The lowest BCUT2D eigenvalue weighted by Gasteiger charge is -2.44. The van der Waals surface area contributed by atoms with Crippen molar-refractivity contribution >= 4 is 23.4 Å². The third kappa shape index (κ3) is 4.41. The molecule has 1 saturated carbocycles. The van der Waals surface area contributed by atoms with Crippen molar-refractivity contribution in [3.8, 4) is 0 Å². The second-order valence-corrected chi connectivity index (χ2v) is 9.82. The van der Waals surface area contributed by atoms with Crippen LogP contribution in [0.2, 0.25) is 5.02 Å². The van der Waals surface area contributed by atoms with Gasteiger partial charge in [-0.2, -0.15) is 5.10 Å². The van der Waals surface area contributed by atoms with Crippen molar-refractivity contribution in [2.45, 2.75) is 50.7 Å². The van der Waals surface area contributed by atoms with Crippen LogP contribution in [0.5, 0.6) is 0 Å². The standard InChI is InChI=1S/C24H29ClN4O3/c1-28-20-13-24(32-15-19(20)22(27-28)23(31)26-14-17-2-3-17)8-10-29(11-9-24)21(30)12-16-4-6-18(25)7-5-16/h4-7,17H,2-3,8-15H2,1H3,(H,26,31). The molecule has 0 unspecified atom stereocenters. The zero-order valence-corrected chi connectivity index (χ0v) is 19.2. The highest BCUT2D eigenvalue weighted by Crippen LogP contribution is 2.37. The first-order chi connectivity index (χ1) is 15.4. The number of hydrogen-bond acceptors (Lipinski definition) is 4. The van der Waals surface area contributed by atoms with Crippen molar-refractivity contribution in [3.05, 3.63) is 51.8 Å². The number of piperidine rings is 1. The van der Waals surface area contributed by atoms with E-state index >= 15 is 0 Å². The highest BCUT2D eigenvalue weighted by Gasteiger charge is 2.42. The highest BCUT2D eigenvalue weighted by molar-refractivity contribution is 6.30. The zero-order valence-electron chi connectivity index (χ0n) is 18.4. The largest absolute Gasteiger partial charge is 0.370 e. The van der Waals surface area contributed by atoms with Crippen LogP contribution >= 0.6 is 11.6 Å². The average Bonchev–Trinajstić information content (AvgIpc) is 3.57.